The highest BCUT2D eigenvalue weighted by atomic mass is 16.2. The summed E-state index contributed by atoms with van der Waals surface area (Å²) in [5.41, 5.74) is 7.98. The molecule has 4 nitrogen and oxygen atoms in total. The zero-order valence-electron chi connectivity index (χ0n) is 11.8. The number of anilines is 1. The number of amides is 2. The Hall–Kier alpha value is -1.55. The summed E-state index contributed by atoms with van der Waals surface area (Å²) in [7, 11) is 0. The molecule has 0 unspecified atom stereocenters. The monoisotopic (exact) mass is 261 g/mol. The first-order chi connectivity index (χ1) is 9.02. The average molecular weight is 261 g/mol. The van der Waals surface area contributed by atoms with Crippen LogP contribution < -0.4 is 11.1 Å². The Balaban J connectivity index is 1.92. The molecule has 19 heavy (non-hydrogen) atoms. The van der Waals surface area contributed by atoms with Crippen molar-refractivity contribution < 1.29 is 4.79 Å². The maximum absolute atomic E-state index is 12.2. The van der Waals surface area contributed by atoms with Crippen molar-refractivity contribution in [3.63, 3.8) is 0 Å². The zero-order chi connectivity index (χ0) is 13.9. The molecule has 1 aromatic rings. The first-order valence-corrected chi connectivity index (χ1v) is 6.85. The van der Waals surface area contributed by atoms with Crippen LogP contribution >= 0.6 is 0 Å². The van der Waals surface area contributed by atoms with Gasteiger partial charge in [-0.1, -0.05) is 19.1 Å². The van der Waals surface area contributed by atoms with Crippen LogP contribution in [0.1, 0.15) is 25.3 Å². The molecule has 2 amide bonds. The number of nitrogens with zero attached hydrogens (tertiary/aromatic N) is 1. The zero-order valence-corrected chi connectivity index (χ0v) is 11.8. The third-order valence-corrected chi connectivity index (χ3v) is 4.02. The minimum atomic E-state index is -0.00956. The molecule has 1 aromatic carbocycles. The lowest BCUT2D eigenvalue weighted by atomic mass is 9.81. The van der Waals surface area contributed by atoms with Gasteiger partial charge in [-0.3, -0.25) is 0 Å². The van der Waals surface area contributed by atoms with E-state index in [1.807, 2.05) is 36.1 Å². The van der Waals surface area contributed by atoms with Crippen molar-refractivity contribution in [2.24, 2.45) is 11.1 Å². The van der Waals surface area contributed by atoms with E-state index in [1.54, 1.807) is 0 Å². The van der Waals surface area contributed by atoms with Crippen molar-refractivity contribution in [2.75, 3.05) is 25.0 Å². The molecule has 0 spiro atoms. The number of aryl methyl sites for hydroxylation is 1. The van der Waals surface area contributed by atoms with Crippen LogP contribution in [0.5, 0.6) is 0 Å². The summed E-state index contributed by atoms with van der Waals surface area (Å²) >= 11 is 0. The van der Waals surface area contributed by atoms with Gasteiger partial charge >= 0.3 is 6.03 Å². The molecule has 3 N–H and O–H groups in total. The van der Waals surface area contributed by atoms with E-state index >= 15 is 0 Å². The molecule has 0 aliphatic carbocycles. The highest BCUT2D eigenvalue weighted by molar-refractivity contribution is 5.89. The van der Waals surface area contributed by atoms with Gasteiger partial charge in [-0.2, -0.15) is 0 Å². The summed E-state index contributed by atoms with van der Waals surface area (Å²) < 4.78 is 0. The molecule has 0 bridgehead atoms. The van der Waals surface area contributed by atoms with Crippen molar-refractivity contribution in [3.05, 3.63) is 29.8 Å². The van der Waals surface area contributed by atoms with Gasteiger partial charge in [0.05, 0.1) is 0 Å². The lowest BCUT2D eigenvalue weighted by molar-refractivity contribution is 0.141. The molecule has 1 aliphatic rings. The molecule has 2 rings (SSSR count). The number of likely N-dealkylation sites (tertiary alicyclic amines) is 1. The van der Waals surface area contributed by atoms with Crippen molar-refractivity contribution in [1.29, 1.82) is 0 Å². The lowest BCUT2D eigenvalue weighted by Gasteiger charge is -2.38. The number of rotatable bonds is 2. The molecule has 1 aliphatic heterocycles. The number of hydrogen-bond donors (Lipinski definition) is 2. The second-order valence-corrected chi connectivity index (χ2v) is 5.80. The molecule has 0 radical (unpaired) electrons. The van der Waals surface area contributed by atoms with Gasteiger partial charge in [0.15, 0.2) is 0 Å². The number of nitrogens with two attached hydrogens (primary N) is 1. The molecule has 104 valence electrons. The van der Waals surface area contributed by atoms with Crippen LogP contribution in [-0.2, 0) is 0 Å². The van der Waals surface area contributed by atoms with Crippen LogP contribution in [0, 0.1) is 12.3 Å². The second kappa shape index (κ2) is 5.61. The maximum Gasteiger partial charge on any atom is 0.321 e. The SMILES string of the molecule is Cc1cccc(NC(=O)N2CCC(C)(CN)CC2)c1. The van der Waals surface area contributed by atoms with E-state index in [0.29, 0.717) is 6.54 Å². The molecule has 1 saturated heterocycles. The summed E-state index contributed by atoms with van der Waals surface area (Å²) in [6.07, 6.45) is 1.95. The molecule has 0 atom stereocenters. The third kappa shape index (κ3) is 3.47. The van der Waals surface area contributed by atoms with Crippen LogP contribution in [0.15, 0.2) is 24.3 Å². The fourth-order valence-electron chi connectivity index (χ4n) is 2.38. The minimum Gasteiger partial charge on any atom is -0.330 e. The highest BCUT2D eigenvalue weighted by Crippen LogP contribution is 2.29. The van der Waals surface area contributed by atoms with E-state index in [4.69, 9.17) is 5.73 Å². The molecular weight excluding hydrogens is 238 g/mol. The van der Waals surface area contributed by atoms with Crippen LogP contribution in [0.4, 0.5) is 10.5 Å². The smallest absolute Gasteiger partial charge is 0.321 e. The van der Waals surface area contributed by atoms with Gasteiger partial charge in [-0.15, -0.1) is 0 Å². The predicted molar refractivity (Wildman–Crippen MR) is 78.2 cm³/mol. The highest BCUT2D eigenvalue weighted by Gasteiger charge is 2.30. The third-order valence-electron chi connectivity index (χ3n) is 4.02. The summed E-state index contributed by atoms with van der Waals surface area (Å²) in [6.45, 7) is 6.48. The Bertz CT molecular complexity index is 450. The van der Waals surface area contributed by atoms with Gasteiger partial charge in [-0.25, -0.2) is 4.79 Å². The number of carbonyl (C=O) groups excluding carboxylic acids is 1. The standard InChI is InChI=1S/C15H23N3O/c1-12-4-3-5-13(10-12)17-14(19)18-8-6-15(2,11-16)7-9-18/h3-5,10H,6-9,11,16H2,1-2H3,(H,17,19). The van der Waals surface area contributed by atoms with Gasteiger partial charge < -0.3 is 16.0 Å². The Morgan fingerprint density at radius 1 is 1.42 bits per heavy atom. The van der Waals surface area contributed by atoms with Gasteiger partial charge in [0, 0.05) is 18.8 Å². The van der Waals surface area contributed by atoms with Crippen molar-refractivity contribution in [3.8, 4) is 0 Å². The number of hydrogen-bond acceptors (Lipinski definition) is 2. The molecule has 0 saturated carbocycles. The number of carbonyl (C=O) groups is 1. The maximum atomic E-state index is 12.2. The van der Waals surface area contributed by atoms with Crippen molar-refractivity contribution >= 4 is 11.7 Å². The average Bonchev–Trinajstić information content (AvgIpc) is 2.39. The van der Waals surface area contributed by atoms with E-state index in [2.05, 4.69) is 12.2 Å². The molecule has 1 fully saturated rings. The number of urea groups is 1. The lowest BCUT2D eigenvalue weighted by Crippen LogP contribution is -2.46. The minimum absolute atomic E-state index is 0.00956. The summed E-state index contributed by atoms with van der Waals surface area (Å²) in [6, 6.07) is 7.85. The van der Waals surface area contributed by atoms with Crippen molar-refractivity contribution in [1.82, 2.24) is 4.90 Å². The molecule has 1 heterocycles. The van der Waals surface area contributed by atoms with E-state index in [1.165, 1.54) is 0 Å². The quantitative estimate of drug-likeness (QED) is 0.859. The van der Waals surface area contributed by atoms with Crippen molar-refractivity contribution in [2.45, 2.75) is 26.7 Å². The van der Waals surface area contributed by atoms with Gasteiger partial charge in [-0.05, 0) is 49.4 Å². The number of benzene rings is 1. The summed E-state index contributed by atoms with van der Waals surface area (Å²) in [4.78, 5) is 14.0. The Labute approximate surface area is 115 Å². The van der Waals surface area contributed by atoms with E-state index < -0.39 is 0 Å². The Morgan fingerprint density at radius 3 is 2.68 bits per heavy atom. The first kappa shape index (κ1) is 13.9. The Morgan fingerprint density at radius 2 is 2.11 bits per heavy atom. The first-order valence-electron chi connectivity index (χ1n) is 6.85. The van der Waals surface area contributed by atoms with Crippen LogP contribution in [0.2, 0.25) is 0 Å². The fraction of sp³-hybridized carbons (Fsp3) is 0.533. The van der Waals surface area contributed by atoms with Crippen LogP contribution in [0.25, 0.3) is 0 Å². The second-order valence-electron chi connectivity index (χ2n) is 5.80. The molecule has 0 aromatic heterocycles. The van der Waals surface area contributed by atoms with E-state index in [0.717, 1.165) is 37.2 Å². The van der Waals surface area contributed by atoms with E-state index in [9.17, 15) is 4.79 Å². The largest absolute Gasteiger partial charge is 0.330 e. The molecular formula is C15H23N3O. The fourth-order valence-corrected chi connectivity index (χ4v) is 2.38. The van der Waals surface area contributed by atoms with E-state index in [-0.39, 0.29) is 11.4 Å². The van der Waals surface area contributed by atoms with Gasteiger partial charge in [0.2, 0.25) is 0 Å². The Kier molecular flexibility index (Phi) is 4.10. The summed E-state index contributed by atoms with van der Waals surface area (Å²) in [5.74, 6) is 0. The predicted octanol–water partition coefficient (Wildman–Crippen LogP) is 2.59. The summed E-state index contributed by atoms with van der Waals surface area (Å²) in [5, 5.41) is 2.95. The van der Waals surface area contributed by atoms with Gasteiger partial charge in [0.1, 0.15) is 0 Å². The van der Waals surface area contributed by atoms with Crippen LogP contribution in [0.3, 0.4) is 0 Å². The molecule has 4 heteroatoms. The van der Waals surface area contributed by atoms with Crippen LogP contribution in [-0.4, -0.2) is 30.6 Å². The number of piperidine rings is 1. The van der Waals surface area contributed by atoms with Gasteiger partial charge in [0.25, 0.3) is 0 Å². The topological polar surface area (TPSA) is 58.4 Å². The number of nitrogens with one attached hydrogen (secondary N) is 1. The normalized spacial score (nSPS) is 18.2.